The highest BCUT2D eigenvalue weighted by atomic mass is 31.2. The summed E-state index contributed by atoms with van der Waals surface area (Å²) < 4.78 is 11.4. The molecule has 2 saturated carbocycles. The molecule has 0 aliphatic heterocycles. The Morgan fingerprint density at radius 1 is 1.03 bits per heavy atom. The van der Waals surface area contributed by atoms with Gasteiger partial charge in [-0.2, -0.15) is 0 Å². The molecular weight excluding hydrogens is 437 g/mol. The van der Waals surface area contributed by atoms with E-state index in [0.29, 0.717) is 25.2 Å². The molecule has 3 unspecified atom stereocenters. The maximum atomic E-state index is 11.4. The molecule has 4 N–H and O–H groups in total. The highest BCUT2D eigenvalue weighted by Gasteiger charge is 2.47. The third-order valence-corrected chi connectivity index (χ3v) is 8.54. The van der Waals surface area contributed by atoms with Crippen LogP contribution >= 0.6 is 7.60 Å². The SMILES string of the molecule is [C-]#[N+][C@@H]1C[C@@H](O)C(c2ccc(C(O)C3CCCC3)cc2)C1CCc1ccc(P(=O)(O)O)cc1. The topological polar surface area (TPSA) is 102 Å². The first-order chi connectivity index (χ1) is 15.8. The van der Waals surface area contributed by atoms with E-state index in [9.17, 15) is 24.6 Å². The minimum atomic E-state index is -4.26. The Morgan fingerprint density at radius 3 is 2.24 bits per heavy atom. The molecule has 2 aliphatic rings. The van der Waals surface area contributed by atoms with E-state index in [1.165, 1.54) is 25.0 Å². The van der Waals surface area contributed by atoms with Crippen LogP contribution in [0.15, 0.2) is 48.5 Å². The summed E-state index contributed by atoms with van der Waals surface area (Å²) in [6.45, 7) is 7.63. The zero-order chi connectivity index (χ0) is 23.6. The molecule has 2 fully saturated rings. The van der Waals surface area contributed by atoms with Crippen molar-refractivity contribution in [2.45, 2.75) is 69.1 Å². The van der Waals surface area contributed by atoms with Gasteiger partial charge < -0.3 is 24.8 Å². The van der Waals surface area contributed by atoms with E-state index in [-0.39, 0.29) is 23.2 Å². The van der Waals surface area contributed by atoms with E-state index in [0.717, 1.165) is 29.5 Å². The Morgan fingerprint density at radius 2 is 1.67 bits per heavy atom. The van der Waals surface area contributed by atoms with Crippen molar-refractivity contribution in [3.63, 3.8) is 0 Å². The summed E-state index contributed by atoms with van der Waals surface area (Å²) >= 11 is 0. The van der Waals surface area contributed by atoms with Gasteiger partial charge in [0.2, 0.25) is 6.04 Å². The lowest BCUT2D eigenvalue weighted by Gasteiger charge is -2.23. The van der Waals surface area contributed by atoms with Crippen LogP contribution in [0.5, 0.6) is 0 Å². The quantitative estimate of drug-likeness (QED) is 0.361. The maximum Gasteiger partial charge on any atom is 0.356 e. The molecule has 33 heavy (non-hydrogen) atoms. The molecule has 2 aromatic carbocycles. The zero-order valence-corrected chi connectivity index (χ0v) is 19.5. The number of hydrogen-bond acceptors (Lipinski definition) is 3. The molecule has 2 aliphatic carbocycles. The number of aryl methyl sites for hydroxylation is 1. The lowest BCUT2D eigenvalue weighted by Crippen LogP contribution is -2.20. The third-order valence-electron chi connectivity index (χ3n) is 7.57. The molecule has 0 heterocycles. The molecule has 7 heteroatoms. The van der Waals surface area contributed by atoms with Crippen LogP contribution in [0.4, 0.5) is 0 Å². The second-order valence-electron chi connectivity index (χ2n) is 9.59. The summed E-state index contributed by atoms with van der Waals surface area (Å²) in [6.07, 6.45) is 5.27. The summed E-state index contributed by atoms with van der Waals surface area (Å²) in [5, 5.41) is 21.5. The Kier molecular flexibility index (Phi) is 7.38. The van der Waals surface area contributed by atoms with E-state index in [1.54, 1.807) is 12.1 Å². The average molecular weight is 470 g/mol. The van der Waals surface area contributed by atoms with Crippen LogP contribution in [0.2, 0.25) is 0 Å². The lowest BCUT2D eigenvalue weighted by atomic mass is 9.82. The van der Waals surface area contributed by atoms with Gasteiger partial charge in [0.1, 0.15) is 0 Å². The number of aliphatic hydroxyl groups excluding tert-OH is 2. The number of aliphatic hydroxyl groups is 2. The Hall–Kier alpha value is -2.00. The molecule has 0 radical (unpaired) electrons. The predicted octanol–water partition coefficient (Wildman–Crippen LogP) is 4.10. The summed E-state index contributed by atoms with van der Waals surface area (Å²) in [5.74, 6) is 0.171. The van der Waals surface area contributed by atoms with Gasteiger partial charge in [0.05, 0.1) is 17.5 Å². The normalized spacial score (nSPS) is 26.9. The Balaban J connectivity index is 1.48. The number of hydrogen-bond donors (Lipinski definition) is 4. The smallest absolute Gasteiger partial charge is 0.356 e. The fourth-order valence-corrected chi connectivity index (χ4v) is 6.27. The predicted molar refractivity (Wildman–Crippen MR) is 127 cm³/mol. The molecule has 2 aromatic rings. The van der Waals surface area contributed by atoms with E-state index in [1.807, 2.05) is 24.3 Å². The maximum absolute atomic E-state index is 11.4. The van der Waals surface area contributed by atoms with Gasteiger partial charge in [-0.25, -0.2) is 6.57 Å². The van der Waals surface area contributed by atoms with Gasteiger partial charge in [0.15, 0.2) is 0 Å². The average Bonchev–Trinajstić information content (AvgIpc) is 3.45. The molecular formula is C26H32NO5P. The molecule has 0 bridgehead atoms. The van der Waals surface area contributed by atoms with Crippen LogP contribution in [-0.2, 0) is 11.0 Å². The van der Waals surface area contributed by atoms with Crippen molar-refractivity contribution in [3.8, 4) is 0 Å². The standard InChI is InChI=1S/C26H32NO5P/c1-27-23-16-24(28)25(18-9-11-20(12-10-18)26(29)19-4-2-3-5-19)22(23)15-8-17-6-13-21(14-7-17)33(30,31)32/h6-7,9-14,19,22-26,28-29H,2-5,8,15-16H2,(H2,30,31,32)/t22?,23-,24-,25?,26?/m1/s1. The molecule has 0 saturated heterocycles. The number of nitrogens with zero attached hydrogens (tertiary/aromatic N) is 1. The van der Waals surface area contributed by atoms with E-state index in [4.69, 9.17) is 6.57 Å². The highest BCUT2D eigenvalue weighted by Crippen LogP contribution is 2.45. The van der Waals surface area contributed by atoms with Crippen LogP contribution in [0, 0.1) is 18.4 Å². The van der Waals surface area contributed by atoms with E-state index in [2.05, 4.69) is 4.85 Å². The van der Waals surface area contributed by atoms with Gasteiger partial charge in [-0.05, 0) is 60.4 Å². The Labute approximate surface area is 195 Å². The van der Waals surface area contributed by atoms with Gasteiger partial charge in [-0.3, -0.25) is 4.57 Å². The van der Waals surface area contributed by atoms with Crippen LogP contribution < -0.4 is 5.30 Å². The van der Waals surface area contributed by atoms with Gasteiger partial charge >= 0.3 is 7.60 Å². The first-order valence-electron chi connectivity index (χ1n) is 11.8. The molecule has 6 nitrogen and oxygen atoms in total. The van der Waals surface area contributed by atoms with Gasteiger partial charge in [-0.15, -0.1) is 0 Å². The third kappa shape index (κ3) is 5.40. The van der Waals surface area contributed by atoms with Crippen molar-refractivity contribution in [3.05, 3.63) is 76.6 Å². The highest BCUT2D eigenvalue weighted by molar-refractivity contribution is 7.60. The van der Waals surface area contributed by atoms with Crippen molar-refractivity contribution in [2.75, 3.05) is 0 Å². The summed E-state index contributed by atoms with van der Waals surface area (Å²) in [7, 11) is -4.26. The second-order valence-corrected chi connectivity index (χ2v) is 11.2. The molecule has 5 atom stereocenters. The van der Waals surface area contributed by atoms with E-state index >= 15 is 0 Å². The van der Waals surface area contributed by atoms with Crippen molar-refractivity contribution < 1.29 is 24.6 Å². The summed E-state index contributed by atoms with van der Waals surface area (Å²) in [4.78, 5) is 22.4. The first kappa shape index (κ1) is 24.1. The molecule has 176 valence electrons. The molecule has 0 amide bonds. The van der Waals surface area contributed by atoms with Crippen LogP contribution in [0.1, 0.15) is 67.2 Å². The van der Waals surface area contributed by atoms with Crippen molar-refractivity contribution in [1.82, 2.24) is 0 Å². The lowest BCUT2D eigenvalue weighted by molar-refractivity contribution is 0.111. The molecule has 0 spiro atoms. The second kappa shape index (κ2) is 10.1. The van der Waals surface area contributed by atoms with Crippen LogP contribution in [0.3, 0.4) is 0 Å². The number of benzene rings is 2. The van der Waals surface area contributed by atoms with Gasteiger partial charge in [-0.1, -0.05) is 49.2 Å². The van der Waals surface area contributed by atoms with Crippen molar-refractivity contribution in [2.24, 2.45) is 11.8 Å². The van der Waals surface area contributed by atoms with Crippen molar-refractivity contribution in [1.29, 1.82) is 0 Å². The largest absolute Gasteiger partial charge is 0.392 e. The van der Waals surface area contributed by atoms with Crippen LogP contribution in [0.25, 0.3) is 4.85 Å². The number of rotatable bonds is 7. The summed E-state index contributed by atoms with van der Waals surface area (Å²) in [6, 6.07) is 14.0. The summed E-state index contributed by atoms with van der Waals surface area (Å²) in [5.41, 5.74) is 2.87. The minimum absolute atomic E-state index is 0.000619. The monoisotopic (exact) mass is 469 g/mol. The molecule has 4 rings (SSSR count). The van der Waals surface area contributed by atoms with E-state index < -0.39 is 19.8 Å². The zero-order valence-electron chi connectivity index (χ0n) is 18.6. The Bertz CT molecular complexity index is 1020. The first-order valence-corrected chi connectivity index (χ1v) is 13.4. The van der Waals surface area contributed by atoms with Crippen molar-refractivity contribution >= 4 is 12.9 Å². The fourth-order valence-electron chi connectivity index (χ4n) is 5.73. The minimum Gasteiger partial charge on any atom is -0.392 e. The van der Waals surface area contributed by atoms with Crippen LogP contribution in [-0.4, -0.2) is 32.1 Å². The van der Waals surface area contributed by atoms with Gasteiger partial charge in [0.25, 0.3) is 0 Å². The fraction of sp³-hybridized carbons (Fsp3) is 0.500. The van der Waals surface area contributed by atoms with Gasteiger partial charge in [0, 0.05) is 18.3 Å². The molecule has 0 aromatic heterocycles.